The largest absolute Gasteiger partial charge is 0.506 e. The molecule has 0 radical (unpaired) electrons. The van der Waals surface area contributed by atoms with Crippen LogP contribution in [0.15, 0.2) is 28.8 Å². The molecule has 0 aliphatic rings. The number of carbonyl (C=O) groups excluding carboxylic acids is 1. The van der Waals surface area contributed by atoms with Crippen LogP contribution in [0.1, 0.15) is 32.8 Å². The Morgan fingerprint density at radius 1 is 1.36 bits per heavy atom. The number of benzene rings is 1. The molecule has 5 nitrogen and oxygen atoms in total. The molecule has 0 heterocycles. The molecule has 0 aromatic heterocycles. The molecule has 1 aromatic rings. The average Bonchev–Trinajstić information content (AvgIpc) is 2.56. The quantitative estimate of drug-likeness (QED) is 0.325. The highest BCUT2D eigenvalue weighted by molar-refractivity contribution is 6.15. The minimum Gasteiger partial charge on any atom is -0.506 e. The van der Waals surface area contributed by atoms with Gasteiger partial charge in [-0.25, -0.2) is 13.6 Å². The van der Waals surface area contributed by atoms with E-state index < -0.39 is 40.5 Å². The molecule has 1 rings (SSSR count). The summed E-state index contributed by atoms with van der Waals surface area (Å²) in [6, 6.07) is 2.75. The number of rotatable bonds is 8. The lowest BCUT2D eigenvalue weighted by Gasteiger charge is -2.12. The topological polar surface area (TPSA) is 79.1 Å². The van der Waals surface area contributed by atoms with Gasteiger partial charge in [-0.2, -0.15) is 0 Å². The molecule has 25 heavy (non-hydrogen) atoms. The standard InChI is InChI=1S/C18H23F2NO4/c1-4-25-18(24)14(9-21-12(10-22)8-11(2)3)17(23)13-6-5-7-15(19)16(13)20/h5-7,9,11-12,22-23H,4,8,10H2,1-3H3/b17-14-,21-9?/t12-/m1/s1. The van der Waals surface area contributed by atoms with Crippen LogP contribution in [-0.4, -0.2) is 41.7 Å². The van der Waals surface area contributed by atoms with Gasteiger partial charge in [0.15, 0.2) is 11.6 Å². The Kier molecular flexibility index (Phi) is 8.21. The minimum atomic E-state index is -1.28. The molecule has 7 heteroatoms. The summed E-state index contributed by atoms with van der Waals surface area (Å²) in [5.41, 5.74) is -0.882. The number of nitrogens with zero attached hydrogens (tertiary/aromatic N) is 1. The van der Waals surface area contributed by atoms with Crippen molar-refractivity contribution in [2.24, 2.45) is 10.9 Å². The molecule has 0 fully saturated rings. The minimum absolute atomic E-state index is 0.0323. The second kappa shape index (κ2) is 9.88. The first-order valence-corrected chi connectivity index (χ1v) is 8.00. The summed E-state index contributed by atoms with van der Waals surface area (Å²) in [6.07, 6.45) is 1.58. The molecular weight excluding hydrogens is 332 g/mol. The second-order valence-electron chi connectivity index (χ2n) is 5.83. The summed E-state index contributed by atoms with van der Waals surface area (Å²) in [4.78, 5) is 16.1. The van der Waals surface area contributed by atoms with Crippen molar-refractivity contribution in [2.75, 3.05) is 13.2 Å². The van der Waals surface area contributed by atoms with Crippen LogP contribution < -0.4 is 0 Å². The highest BCUT2D eigenvalue weighted by Gasteiger charge is 2.21. The van der Waals surface area contributed by atoms with E-state index in [0.29, 0.717) is 6.42 Å². The van der Waals surface area contributed by atoms with E-state index >= 15 is 0 Å². The van der Waals surface area contributed by atoms with Gasteiger partial charge in [0.2, 0.25) is 0 Å². The van der Waals surface area contributed by atoms with E-state index in [4.69, 9.17) is 4.74 Å². The average molecular weight is 355 g/mol. The molecule has 1 aromatic carbocycles. The zero-order valence-electron chi connectivity index (χ0n) is 14.5. The maximum atomic E-state index is 13.9. The Balaban J connectivity index is 3.32. The predicted molar refractivity (Wildman–Crippen MR) is 91.4 cm³/mol. The lowest BCUT2D eigenvalue weighted by molar-refractivity contribution is -0.137. The van der Waals surface area contributed by atoms with Gasteiger partial charge in [0.25, 0.3) is 0 Å². The zero-order chi connectivity index (χ0) is 19.0. The highest BCUT2D eigenvalue weighted by atomic mass is 19.2. The van der Waals surface area contributed by atoms with E-state index in [-0.39, 0.29) is 19.1 Å². The van der Waals surface area contributed by atoms with Crippen molar-refractivity contribution in [2.45, 2.75) is 33.2 Å². The van der Waals surface area contributed by atoms with Gasteiger partial charge in [-0.15, -0.1) is 0 Å². The van der Waals surface area contributed by atoms with Gasteiger partial charge in [0, 0.05) is 6.21 Å². The van der Waals surface area contributed by atoms with E-state index in [0.717, 1.165) is 18.3 Å². The molecule has 0 aliphatic heterocycles. The van der Waals surface area contributed by atoms with Crippen LogP contribution in [0.3, 0.4) is 0 Å². The molecule has 138 valence electrons. The number of hydrogen-bond donors (Lipinski definition) is 2. The fraction of sp³-hybridized carbons (Fsp3) is 0.444. The van der Waals surface area contributed by atoms with E-state index in [1.54, 1.807) is 6.92 Å². The van der Waals surface area contributed by atoms with Crippen LogP contribution in [-0.2, 0) is 9.53 Å². The van der Waals surface area contributed by atoms with Gasteiger partial charge in [0.05, 0.1) is 24.8 Å². The normalized spacial score (nSPS) is 13.9. The number of ether oxygens (including phenoxy) is 1. The Hall–Kier alpha value is -2.28. The highest BCUT2D eigenvalue weighted by Crippen LogP contribution is 2.22. The van der Waals surface area contributed by atoms with Crippen molar-refractivity contribution < 1.29 is 28.5 Å². The van der Waals surface area contributed by atoms with E-state index in [2.05, 4.69) is 4.99 Å². The summed E-state index contributed by atoms with van der Waals surface area (Å²) in [6.45, 7) is 5.24. The number of carbonyl (C=O) groups is 1. The third kappa shape index (κ3) is 5.94. The summed E-state index contributed by atoms with van der Waals surface area (Å²) in [5, 5.41) is 19.6. The molecule has 0 aliphatic carbocycles. The van der Waals surface area contributed by atoms with Crippen molar-refractivity contribution in [3.8, 4) is 0 Å². The first-order chi connectivity index (χ1) is 11.8. The Bertz CT molecular complexity index is 656. The third-order valence-electron chi connectivity index (χ3n) is 3.33. The molecule has 0 bridgehead atoms. The van der Waals surface area contributed by atoms with Crippen LogP contribution in [0, 0.1) is 17.6 Å². The number of halogens is 2. The van der Waals surface area contributed by atoms with E-state index in [1.807, 2.05) is 13.8 Å². The van der Waals surface area contributed by atoms with Crippen molar-refractivity contribution in [3.05, 3.63) is 41.0 Å². The molecule has 0 saturated heterocycles. The first kappa shape index (κ1) is 20.8. The van der Waals surface area contributed by atoms with Crippen LogP contribution in [0.2, 0.25) is 0 Å². The van der Waals surface area contributed by atoms with Crippen LogP contribution in [0.25, 0.3) is 5.76 Å². The molecular formula is C18H23F2NO4. The zero-order valence-corrected chi connectivity index (χ0v) is 14.5. The Morgan fingerprint density at radius 3 is 2.60 bits per heavy atom. The van der Waals surface area contributed by atoms with Crippen molar-refractivity contribution >= 4 is 17.9 Å². The van der Waals surface area contributed by atoms with Crippen LogP contribution in [0.5, 0.6) is 0 Å². The predicted octanol–water partition coefficient (Wildman–Crippen LogP) is 3.27. The van der Waals surface area contributed by atoms with E-state index in [1.165, 1.54) is 6.07 Å². The molecule has 1 atom stereocenters. The maximum absolute atomic E-state index is 13.9. The number of aliphatic hydroxyl groups excluding tert-OH is 2. The Morgan fingerprint density at radius 2 is 2.04 bits per heavy atom. The van der Waals surface area contributed by atoms with Crippen molar-refractivity contribution in [1.29, 1.82) is 0 Å². The summed E-state index contributed by atoms with van der Waals surface area (Å²) >= 11 is 0. The lowest BCUT2D eigenvalue weighted by atomic mass is 10.0. The fourth-order valence-corrected chi connectivity index (χ4v) is 2.16. The van der Waals surface area contributed by atoms with Gasteiger partial charge >= 0.3 is 5.97 Å². The maximum Gasteiger partial charge on any atom is 0.343 e. The van der Waals surface area contributed by atoms with Crippen LogP contribution >= 0.6 is 0 Å². The van der Waals surface area contributed by atoms with Crippen molar-refractivity contribution in [3.63, 3.8) is 0 Å². The molecule has 0 unspecified atom stereocenters. The van der Waals surface area contributed by atoms with Gasteiger partial charge in [0.1, 0.15) is 11.3 Å². The number of hydrogen-bond acceptors (Lipinski definition) is 5. The third-order valence-corrected chi connectivity index (χ3v) is 3.33. The van der Waals surface area contributed by atoms with E-state index in [9.17, 15) is 23.8 Å². The lowest BCUT2D eigenvalue weighted by Crippen LogP contribution is -2.16. The fourth-order valence-electron chi connectivity index (χ4n) is 2.16. The molecule has 2 N–H and O–H groups in total. The number of esters is 1. The smallest absolute Gasteiger partial charge is 0.343 e. The van der Waals surface area contributed by atoms with Gasteiger partial charge in [-0.1, -0.05) is 19.9 Å². The monoisotopic (exact) mass is 355 g/mol. The summed E-state index contributed by atoms with van der Waals surface area (Å²) < 4.78 is 32.1. The second-order valence-corrected chi connectivity index (χ2v) is 5.83. The van der Waals surface area contributed by atoms with Gasteiger partial charge < -0.3 is 14.9 Å². The molecule has 0 amide bonds. The van der Waals surface area contributed by atoms with Gasteiger partial charge in [-0.05, 0) is 31.4 Å². The van der Waals surface area contributed by atoms with Gasteiger partial charge in [-0.3, -0.25) is 4.99 Å². The number of aliphatic hydroxyl groups is 2. The summed E-state index contributed by atoms with van der Waals surface area (Å²) in [5.74, 6) is -3.89. The number of aliphatic imine (C=N–C) groups is 1. The first-order valence-electron chi connectivity index (χ1n) is 8.00. The Labute approximate surface area is 145 Å². The molecule has 0 spiro atoms. The molecule has 0 saturated carbocycles. The SMILES string of the molecule is CCOC(=O)/C(C=N[C@@H](CO)CC(C)C)=C(\O)c1cccc(F)c1F. The van der Waals surface area contributed by atoms with Crippen molar-refractivity contribution in [1.82, 2.24) is 0 Å². The van der Waals surface area contributed by atoms with Crippen LogP contribution in [0.4, 0.5) is 8.78 Å². The summed E-state index contributed by atoms with van der Waals surface area (Å²) in [7, 11) is 0.